The summed E-state index contributed by atoms with van der Waals surface area (Å²) in [6, 6.07) is 3.53. The van der Waals surface area contributed by atoms with Gasteiger partial charge in [0, 0.05) is 18.0 Å². The second-order valence-electron chi connectivity index (χ2n) is 9.94. The third-order valence-electron chi connectivity index (χ3n) is 7.27. The number of rotatable bonds is 9. The number of fused-ring (bicyclic) bond motifs is 1. The lowest BCUT2D eigenvalue weighted by Gasteiger charge is -2.29. The number of carbonyl (C=O) groups is 1. The van der Waals surface area contributed by atoms with Crippen LogP contribution in [0, 0.1) is 11.8 Å². The van der Waals surface area contributed by atoms with E-state index in [1.54, 1.807) is 30.9 Å². The van der Waals surface area contributed by atoms with Crippen LogP contribution in [0.3, 0.4) is 0 Å². The van der Waals surface area contributed by atoms with Gasteiger partial charge >= 0.3 is 0 Å². The summed E-state index contributed by atoms with van der Waals surface area (Å²) in [6.07, 6.45) is 11.4. The number of carbonyl (C=O) groups excluding carboxylic acids is 1. The van der Waals surface area contributed by atoms with Crippen molar-refractivity contribution in [2.45, 2.75) is 49.7 Å². The molecule has 0 bridgehead atoms. The lowest BCUT2D eigenvalue weighted by Crippen LogP contribution is -2.40. The molecule has 3 aliphatic carbocycles. The first-order valence-corrected chi connectivity index (χ1v) is 14.0. The fourth-order valence-corrected chi connectivity index (χ4v) is 6.43. The van der Waals surface area contributed by atoms with E-state index in [0.717, 1.165) is 12.0 Å². The zero-order chi connectivity index (χ0) is 25.6. The van der Waals surface area contributed by atoms with Gasteiger partial charge in [-0.25, -0.2) is 23.4 Å². The van der Waals surface area contributed by atoms with Crippen molar-refractivity contribution in [2.75, 3.05) is 16.6 Å². The Morgan fingerprint density at radius 3 is 2.51 bits per heavy atom. The highest BCUT2D eigenvalue weighted by atomic mass is 32.2. The second kappa shape index (κ2) is 9.02. The molecule has 0 aromatic carbocycles. The van der Waals surface area contributed by atoms with Gasteiger partial charge in [0.2, 0.25) is 21.8 Å². The normalized spacial score (nSPS) is 24.2. The Hall–Kier alpha value is -3.67. The molecule has 192 valence electrons. The molecule has 3 saturated carbocycles. The molecule has 12 heteroatoms. The van der Waals surface area contributed by atoms with E-state index >= 15 is 0 Å². The number of ether oxygens (including phenoxy) is 1. The van der Waals surface area contributed by atoms with Crippen molar-refractivity contribution in [3.05, 3.63) is 48.8 Å². The van der Waals surface area contributed by atoms with Gasteiger partial charge in [-0.05, 0) is 63.0 Å². The number of amides is 1. The highest BCUT2D eigenvalue weighted by Crippen LogP contribution is 2.60. The maximum atomic E-state index is 13.7. The summed E-state index contributed by atoms with van der Waals surface area (Å²) in [5.41, 5.74) is 0.946. The summed E-state index contributed by atoms with van der Waals surface area (Å²) in [5, 5.41) is 2.57. The Balaban J connectivity index is 1.22. The summed E-state index contributed by atoms with van der Waals surface area (Å²) < 4.78 is 32.8. The maximum Gasteiger partial charge on any atom is 0.237 e. The molecule has 2 unspecified atom stereocenters. The fraction of sp³-hybridized carbons (Fsp3) is 0.440. The molecule has 2 N–H and O–H groups in total. The highest BCUT2D eigenvalue weighted by molar-refractivity contribution is 7.93. The molecule has 2 atom stereocenters. The smallest absolute Gasteiger partial charge is 0.237 e. The molecule has 0 aliphatic heterocycles. The molecule has 0 radical (unpaired) electrons. The van der Waals surface area contributed by atoms with E-state index < -0.39 is 15.4 Å². The van der Waals surface area contributed by atoms with Gasteiger partial charge in [-0.3, -0.25) is 19.5 Å². The fourth-order valence-electron chi connectivity index (χ4n) is 5.11. The highest BCUT2D eigenvalue weighted by Gasteiger charge is 2.59. The minimum atomic E-state index is -3.48. The van der Waals surface area contributed by atoms with Crippen LogP contribution in [0.5, 0.6) is 5.88 Å². The molecule has 1 amide bonds. The monoisotopic (exact) mass is 521 g/mol. The van der Waals surface area contributed by atoms with E-state index in [2.05, 4.69) is 35.0 Å². The Kier molecular flexibility index (Phi) is 5.78. The van der Waals surface area contributed by atoms with Crippen LogP contribution in [0.25, 0.3) is 11.3 Å². The maximum absolute atomic E-state index is 13.7. The first kappa shape index (κ1) is 23.7. The Morgan fingerprint density at radius 2 is 1.81 bits per heavy atom. The first-order chi connectivity index (χ1) is 17.9. The Labute approximate surface area is 214 Å². The standard InChI is InChI=1S/C25H27N7O4S/c1-2-36-23-14-26-11-19(29-23)15-3-6-21(28-10-15)31-24(33)25(8-16-7-17(16)9-25)20-12-27-13-22(30-20)32-37(34,35)18-4-5-18/h3,6,10-14,16-18H,2,4-5,7-9H2,1H3,(H,30,32)(H,28,31,33). The van der Waals surface area contributed by atoms with Crippen molar-refractivity contribution < 1.29 is 17.9 Å². The third kappa shape index (κ3) is 4.73. The summed E-state index contributed by atoms with van der Waals surface area (Å²) in [4.78, 5) is 35.5. The minimum Gasteiger partial charge on any atom is -0.477 e. The zero-order valence-electron chi connectivity index (χ0n) is 20.3. The minimum absolute atomic E-state index is 0.148. The average Bonchev–Trinajstić information content (AvgIpc) is 3.83. The largest absolute Gasteiger partial charge is 0.477 e. The van der Waals surface area contributed by atoms with Gasteiger partial charge in [-0.1, -0.05) is 0 Å². The third-order valence-corrected chi connectivity index (χ3v) is 9.11. The average molecular weight is 522 g/mol. The molecule has 3 fully saturated rings. The number of hydrogen-bond donors (Lipinski definition) is 2. The van der Waals surface area contributed by atoms with Crippen molar-refractivity contribution in [3.63, 3.8) is 0 Å². The number of hydrogen-bond acceptors (Lipinski definition) is 9. The lowest BCUT2D eigenvalue weighted by atomic mass is 9.79. The van der Waals surface area contributed by atoms with Gasteiger partial charge in [0.1, 0.15) is 5.82 Å². The van der Waals surface area contributed by atoms with Gasteiger partial charge in [-0.2, -0.15) is 0 Å². The zero-order valence-corrected chi connectivity index (χ0v) is 21.1. The van der Waals surface area contributed by atoms with Crippen LogP contribution in [0.4, 0.5) is 11.6 Å². The Morgan fingerprint density at radius 1 is 1.03 bits per heavy atom. The van der Waals surface area contributed by atoms with Gasteiger partial charge in [0.25, 0.3) is 0 Å². The molecule has 0 saturated heterocycles. The van der Waals surface area contributed by atoms with Crippen LogP contribution < -0.4 is 14.8 Å². The van der Waals surface area contributed by atoms with Crippen molar-refractivity contribution in [3.8, 4) is 17.1 Å². The van der Waals surface area contributed by atoms with E-state index in [0.29, 0.717) is 67.2 Å². The predicted molar refractivity (Wildman–Crippen MR) is 135 cm³/mol. The van der Waals surface area contributed by atoms with E-state index in [-0.39, 0.29) is 17.0 Å². The SMILES string of the molecule is CCOc1cncc(-c2ccc(NC(=O)C3(c4cncc(NS(=O)(=O)C5CC5)n4)CC4CC4C3)nc2)n1. The first-order valence-electron chi connectivity index (χ1n) is 12.4. The number of aromatic nitrogens is 5. The molecule has 0 spiro atoms. The van der Waals surface area contributed by atoms with Gasteiger partial charge in [-0.15, -0.1) is 0 Å². The van der Waals surface area contributed by atoms with Gasteiger partial charge in [0.15, 0.2) is 5.82 Å². The lowest BCUT2D eigenvalue weighted by molar-refractivity contribution is -0.122. The molecule has 37 heavy (non-hydrogen) atoms. The Bertz CT molecular complexity index is 1430. The van der Waals surface area contributed by atoms with E-state index in [1.165, 1.54) is 6.20 Å². The topological polar surface area (TPSA) is 149 Å². The van der Waals surface area contributed by atoms with E-state index in [4.69, 9.17) is 4.74 Å². The van der Waals surface area contributed by atoms with Crippen molar-refractivity contribution in [1.29, 1.82) is 0 Å². The number of sulfonamides is 1. The predicted octanol–water partition coefficient (Wildman–Crippen LogP) is 2.94. The quantitative estimate of drug-likeness (QED) is 0.433. The van der Waals surface area contributed by atoms with Crippen LogP contribution in [0.15, 0.2) is 43.1 Å². The summed E-state index contributed by atoms with van der Waals surface area (Å²) in [7, 11) is -3.48. The summed E-state index contributed by atoms with van der Waals surface area (Å²) >= 11 is 0. The molecule has 3 heterocycles. The number of anilines is 2. The number of pyridine rings is 1. The molecule has 3 aromatic rings. The molecular formula is C25H27N7O4S. The van der Waals surface area contributed by atoms with Crippen LogP contribution in [-0.2, 0) is 20.2 Å². The molecular weight excluding hydrogens is 494 g/mol. The molecule has 3 aliphatic rings. The van der Waals surface area contributed by atoms with Crippen LogP contribution >= 0.6 is 0 Å². The van der Waals surface area contributed by atoms with Gasteiger partial charge < -0.3 is 10.1 Å². The van der Waals surface area contributed by atoms with Crippen LogP contribution in [0.2, 0.25) is 0 Å². The van der Waals surface area contributed by atoms with E-state index in [1.807, 2.05) is 13.0 Å². The second-order valence-corrected chi connectivity index (χ2v) is 11.9. The summed E-state index contributed by atoms with van der Waals surface area (Å²) in [6.45, 7) is 2.37. The van der Waals surface area contributed by atoms with Crippen molar-refractivity contribution in [2.24, 2.45) is 11.8 Å². The molecule has 6 rings (SSSR count). The summed E-state index contributed by atoms with van der Waals surface area (Å²) in [5.74, 6) is 1.70. The van der Waals surface area contributed by atoms with E-state index in [9.17, 15) is 13.2 Å². The van der Waals surface area contributed by atoms with Gasteiger partial charge in [0.05, 0.1) is 47.3 Å². The molecule has 11 nitrogen and oxygen atoms in total. The molecule has 3 aromatic heterocycles. The van der Waals surface area contributed by atoms with Crippen LogP contribution in [-0.4, -0.2) is 51.1 Å². The van der Waals surface area contributed by atoms with Crippen molar-refractivity contribution in [1.82, 2.24) is 24.9 Å². The van der Waals surface area contributed by atoms with Crippen molar-refractivity contribution >= 4 is 27.6 Å². The number of nitrogens with one attached hydrogen (secondary N) is 2. The number of nitrogens with zero attached hydrogens (tertiary/aromatic N) is 5. The van der Waals surface area contributed by atoms with Crippen LogP contribution in [0.1, 0.15) is 44.7 Å².